The van der Waals surface area contributed by atoms with Crippen LogP contribution in [0.5, 0.6) is 0 Å². The zero-order valence-electron chi connectivity index (χ0n) is 16.4. The summed E-state index contributed by atoms with van der Waals surface area (Å²) in [6.45, 7) is 4.28. The SMILES string of the molecule is Cc1ccc2c(c1)S/C(=C/C=C/C=C/c1sc3cc(C)ccc3[n+]1C)N2C.[I-]. The molecule has 144 valence electrons. The fourth-order valence-corrected chi connectivity index (χ4v) is 5.51. The first-order valence-electron chi connectivity index (χ1n) is 8.99. The number of benzene rings is 2. The number of thioether (sulfide) groups is 1. The number of aryl methyl sites for hydroxylation is 3. The smallest absolute Gasteiger partial charge is 0.262 e. The lowest BCUT2D eigenvalue weighted by atomic mass is 10.2. The molecule has 28 heavy (non-hydrogen) atoms. The zero-order chi connectivity index (χ0) is 19.0. The Morgan fingerprint density at radius 3 is 2.54 bits per heavy atom. The van der Waals surface area contributed by atoms with Crippen molar-refractivity contribution in [1.82, 2.24) is 0 Å². The van der Waals surface area contributed by atoms with Gasteiger partial charge in [0, 0.05) is 24.1 Å². The fourth-order valence-electron chi connectivity index (χ4n) is 3.19. The number of halogens is 1. The van der Waals surface area contributed by atoms with Gasteiger partial charge in [-0.2, -0.15) is 4.57 Å². The quantitative estimate of drug-likeness (QED) is 0.299. The van der Waals surface area contributed by atoms with E-state index in [1.807, 2.05) is 23.1 Å². The molecular formula is C23H23IN2S2. The molecule has 0 saturated carbocycles. The molecule has 0 amide bonds. The summed E-state index contributed by atoms with van der Waals surface area (Å²) in [5.41, 5.74) is 5.18. The average molecular weight is 518 g/mol. The van der Waals surface area contributed by atoms with Crippen LogP contribution in [0.3, 0.4) is 0 Å². The summed E-state index contributed by atoms with van der Waals surface area (Å²) in [4.78, 5) is 3.59. The van der Waals surface area contributed by atoms with Crippen LogP contribution in [0.15, 0.2) is 70.6 Å². The maximum atomic E-state index is 2.25. The maximum Gasteiger partial charge on any atom is 0.262 e. The van der Waals surface area contributed by atoms with Crippen molar-refractivity contribution >= 4 is 45.1 Å². The Balaban J connectivity index is 0.00000225. The van der Waals surface area contributed by atoms with Gasteiger partial charge in [0.15, 0.2) is 0 Å². The van der Waals surface area contributed by atoms with Crippen LogP contribution in [0.2, 0.25) is 0 Å². The second-order valence-corrected chi connectivity index (χ2v) is 8.98. The Bertz CT molecular complexity index is 1110. The molecule has 0 atom stereocenters. The Labute approximate surface area is 192 Å². The van der Waals surface area contributed by atoms with Gasteiger partial charge in [-0.15, -0.1) is 0 Å². The summed E-state index contributed by atoms with van der Waals surface area (Å²) < 4.78 is 3.59. The number of aromatic nitrogens is 1. The molecule has 0 bridgehead atoms. The first-order chi connectivity index (χ1) is 13.0. The maximum absolute atomic E-state index is 2.25. The number of hydrogen-bond donors (Lipinski definition) is 0. The van der Waals surface area contributed by atoms with Gasteiger partial charge in [0.05, 0.1) is 10.7 Å². The van der Waals surface area contributed by atoms with Gasteiger partial charge < -0.3 is 28.9 Å². The minimum atomic E-state index is 0. The lowest BCUT2D eigenvalue weighted by Crippen LogP contribution is -3.00. The van der Waals surface area contributed by atoms with Crippen molar-refractivity contribution in [2.75, 3.05) is 11.9 Å². The first kappa shape index (κ1) is 21.1. The van der Waals surface area contributed by atoms with Gasteiger partial charge in [0.1, 0.15) is 11.7 Å². The molecule has 0 saturated heterocycles. The molecule has 0 unspecified atom stereocenters. The second kappa shape index (κ2) is 8.84. The summed E-state index contributed by atoms with van der Waals surface area (Å²) in [5.74, 6) is 0. The molecule has 2 heterocycles. The molecule has 0 aliphatic carbocycles. The van der Waals surface area contributed by atoms with Crippen molar-refractivity contribution in [1.29, 1.82) is 0 Å². The number of anilines is 1. The van der Waals surface area contributed by atoms with Gasteiger partial charge in [0.2, 0.25) is 5.52 Å². The first-order valence-corrected chi connectivity index (χ1v) is 10.6. The van der Waals surface area contributed by atoms with Crippen LogP contribution in [0.4, 0.5) is 5.69 Å². The highest BCUT2D eigenvalue weighted by molar-refractivity contribution is 8.03. The Hall–Kier alpha value is -1.57. The molecule has 4 rings (SSSR count). The van der Waals surface area contributed by atoms with E-state index in [1.165, 1.54) is 42.0 Å². The van der Waals surface area contributed by atoms with Gasteiger partial charge in [0.25, 0.3) is 5.01 Å². The van der Waals surface area contributed by atoms with E-state index < -0.39 is 0 Å². The van der Waals surface area contributed by atoms with Crippen LogP contribution < -0.4 is 33.4 Å². The molecule has 3 aromatic rings. The van der Waals surface area contributed by atoms with Gasteiger partial charge in [-0.1, -0.05) is 53.5 Å². The minimum absolute atomic E-state index is 0. The summed E-state index contributed by atoms with van der Waals surface area (Å²) in [6.07, 6.45) is 10.7. The van der Waals surface area contributed by atoms with E-state index in [9.17, 15) is 0 Å². The van der Waals surface area contributed by atoms with E-state index in [0.717, 1.165) is 0 Å². The predicted octanol–water partition coefficient (Wildman–Crippen LogP) is 3.00. The van der Waals surface area contributed by atoms with Crippen LogP contribution in [-0.2, 0) is 7.05 Å². The highest BCUT2D eigenvalue weighted by Gasteiger charge is 2.21. The van der Waals surface area contributed by atoms with E-state index in [4.69, 9.17) is 0 Å². The van der Waals surface area contributed by atoms with Crippen molar-refractivity contribution in [3.63, 3.8) is 0 Å². The topological polar surface area (TPSA) is 7.12 Å². The molecule has 2 aromatic carbocycles. The van der Waals surface area contributed by atoms with Crippen LogP contribution in [0, 0.1) is 13.8 Å². The molecular weight excluding hydrogens is 495 g/mol. The van der Waals surface area contributed by atoms with E-state index in [-0.39, 0.29) is 24.0 Å². The summed E-state index contributed by atoms with van der Waals surface area (Å²) >= 11 is 3.66. The normalized spacial score (nSPS) is 15.1. The van der Waals surface area contributed by atoms with Crippen LogP contribution in [0.25, 0.3) is 16.3 Å². The number of thiazole rings is 1. The van der Waals surface area contributed by atoms with Crippen LogP contribution in [-0.4, -0.2) is 7.05 Å². The van der Waals surface area contributed by atoms with Crippen molar-refractivity contribution in [3.05, 3.63) is 81.9 Å². The number of allylic oxidation sites excluding steroid dienone is 4. The van der Waals surface area contributed by atoms with Gasteiger partial charge >= 0.3 is 0 Å². The number of nitrogens with zero attached hydrogens (tertiary/aromatic N) is 2. The highest BCUT2D eigenvalue weighted by atomic mass is 127. The fraction of sp³-hybridized carbons (Fsp3) is 0.174. The third-order valence-corrected chi connectivity index (χ3v) is 7.08. The van der Waals surface area contributed by atoms with Gasteiger partial charge in [-0.05, 0) is 49.2 Å². The third-order valence-electron chi connectivity index (χ3n) is 4.74. The average Bonchev–Trinajstić information content (AvgIpc) is 3.11. The van der Waals surface area contributed by atoms with Crippen molar-refractivity contribution < 1.29 is 28.5 Å². The lowest BCUT2D eigenvalue weighted by molar-refractivity contribution is -0.642. The van der Waals surface area contributed by atoms with Crippen molar-refractivity contribution in [2.45, 2.75) is 18.7 Å². The molecule has 1 aromatic heterocycles. The second-order valence-electron chi connectivity index (χ2n) is 6.85. The molecule has 0 spiro atoms. The molecule has 5 heteroatoms. The Morgan fingerprint density at radius 1 is 0.964 bits per heavy atom. The van der Waals surface area contributed by atoms with Gasteiger partial charge in [-0.3, -0.25) is 0 Å². The number of hydrogen-bond acceptors (Lipinski definition) is 3. The molecule has 1 aliphatic rings. The minimum Gasteiger partial charge on any atom is -1.00 e. The summed E-state index contributed by atoms with van der Waals surface area (Å²) in [7, 11) is 4.26. The lowest BCUT2D eigenvalue weighted by Gasteiger charge is -2.12. The standard InChI is InChI=1S/C23H23N2S2.HI/c1-16-10-12-18-20(14-16)26-22(24(18)3)8-6-5-7-9-23-25(4)19-13-11-17(2)15-21(19)27-23;/h5-15H,1-4H3;1H/q+1;/p-1. The Kier molecular flexibility index (Phi) is 6.68. The highest BCUT2D eigenvalue weighted by Crippen LogP contribution is 2.45. The van der Waals surface area contributed by atoms with E-state index >= 15 is 0 Å². The third kappa shape index (κ3) is 4.21. The van der Waals surface area contributed by atoms with Crippen LogP contribution in [0.1, 0.15) is 16.1 Å². The van der Waals surface area contributed by atoms with E-state index in [2.05, 4.69) is 104 Å². The zero-order valence-corrected chi connectivity index (χ0v) is 20.2. The van der Waals surface area contributed by atoms with E-state index in [0.29, 0.717) is 0 Å². The number of fused-ring (bicyclic) bond motifs is 2. The molecule has 0 N–H and O–H groups in total. The molecule has 2 nitrogen and oxygen atoms in total. The molecule has 0 fully saturated rings. The monoisotopic (exact) mass is 518 g/mol. The largest absolute Gasteiger partial charge is 1.00 e. The van der Waals surface area contributed by atoms with Gasteiger partial charge in [-0.25, -0.2) is 0 Å². The molecule has 0 radical (unpaired) electrons. The molecule has 1 aliphatic heterocycles. The number of rotatable bonds is 3. The summed E-state index contributed by atoms with van der Waals surface area (Å²) in [5, 5.41) is 2.51. The Morgan fingerprint density at radius 2 is 1.71 bits per heavy atom. The van der Waals surface area contributed by atoms with Crippen LogP contribution >= 0.6 is 23.1 Å². The van der Waals surface area contributed by atoms with Crippen molar-refractivity contribution in [2.24, 2.45) is 7.05 Å². The van der Waals surface area contributed by atoms with E-state index in [1.54, 1.807) is 0 Å². The summed E-state index contributed by atoms with van der Waals surface area (Å²) in [6, 6.07) is 13.2. The predicted molar refractivity (Wildman–Crippen MR) is 119 cm³/mol. The van der Waals surface area contributed by atoms with Crippen molar-refractivity contribution in [3.8, 4) is 0 Å².